The highest BCUT2D eigenvalue weighted by Gasteiger charge is 2.09. The van der Waals surface area contributed by atoms with Crippen LogP contribution >= 0.6 is 0 Å². The van der Waals surface area contributed by atoms with Gasteiger partial charge >= 0.3 is 0 Å². The SMILES string of the molecule is CCCS(=O)(=O)Nc1ccc(NC(=O)CCOc2cccc(C)c2C)cc1. The molecule has 0 fully saturated rings. The van der Waals surface area contributed by atoms with E-state index in [0.29, 0.717) is 17.8 Å². The van der Waals surface area contributed by atoms with Gasteiger partial charge in [0.15, 0.2) is 0 Å². The Morgan fingerprint density at radius 2 is 1.70 bits per heavy atom. The molecular formula is C20H26N2O4S. The van der Waals surface area contributed by atoms with Gasteiger partial charge in [0.25, 0.3) is 0 Å². The van der Waals surface area contributed by atoms with Crippen LogP contribution in [0.15, 0.2) is 42.5 Å². The Morgan fingerprint density at radius 3 is 2.37 bits per heavy atom. The molecule has 0 atom stereocenters. The van der Waals surface area contributed by atoms with Crippen molar-refractivity contribution in [3.05, 3.63) is 53.6 Å². The quantitative estimate of drug-likeness (QED) is 0.681. The Morgan fingerprint density at radius 1 is 1.04 bits per heavy atom. The number of carbonyl (C=O) groups is 1. The molecule has 2 rings (SSSR count). The number of rotatable bonds is 9. The maximum Gasteiger partial charge on any atom is 0.232 e. The second-order valence-corrected chi connectivity index (χ2v) is 8.18. The molecule has 146 valence electrons. The molecule has 0 bridgehead atoms. The van der Waals surface area contributed by atoms with Gasteiger partial charge in [-0.05, 0) is 61.7 Å². The summed E-state index contributed by atoms with van der Waals surface area (Å²) >= 11 is 0. The Labute approximate surface area is 161 Å². The summed E-state index contributed by atoms with van der Waals surface area (Å²) in [6.07, 6.45) is 0.770. The van der Waals surface area contributed by atoms with Crippen LogP contribution in [0.3, 0.4) is 0 Å². The maximum atomic E-state index is 12.1. The highest BCUT2D eigenvalue weighted by Crippen LogP contribution is 2.21. The number of aryl methyl sites for hydroxylation is 1. The van der Waals surface area contributed by atoms with Crippen molar-refractivity contribution in [1.82, 2.24) is 0 Å². The van der Waals surface area contributed by atoms with Gasteiger partial charge in [-0.25, -0.2) is 8.42 Å². The highest BCUT2D eigenvalue weighted by molar-refractivity contribution is 7.92. The van der Waals surface area contributed by atoms with Crippen LogP contribution in [0.2, 0.25) is 0 Å². The van der Waals surface area contributed by atoms with Gasteiger partial charge in [0, 0.05) is 11.4 Å². The summed E-state index contributed by atoms with van der Waals surface area (Å²) in [5.74, 6) is 0.692. The topological polar surface area (TPSA) is 84.5 Å². The molecule has 2 N–H and O–H groups in total. The summed E-state index contributed by atoms with van der Waals surface area (Å²) in [6.45, 7) is 6.09. The van der Waals surface area contributed by atoms with E-state index in [0.717, 1.165) is 16.9 Å². The van der Waals surface area contributed by atoms with Gasteiger partial charge in [-0.2, -0.15) is 0 Å². The summed E-state index contributed by atoms with van der Waals surface area (Å²) in [4.78, 5) is 12.1. The first-order valence-electron chi connectivity index (χ1n) is 8.90. The highest BCUT2D eigenvalue weighted by atomic mass is 32.2. The number of hydrogen-bond acceptors (Lipinski definition) is 4. The lowest BCUT2D eigenvalue weighted by Gasteiger charge is -2.11. The Balaban J connectivity index is 1.82. The molecule has 7 heteroatoms. The van der Waals surface area contributed by atoms with E-state index in [1.165, 1.54) is 0 Å². The van der Waals surface area contributed by atoms with E-state index in [1.807, 2.05) is 39.0 Å². The van der Waals surface area contributed by atoms with Crippen molar-refractivity contribution >= 4 is 27.3 Å². The van der Waals surface area contributed by atoms with Gasteiger partial charge < -0.3 is 10.1 Å². The van der Waals surface area contributed by atoms with Crippen LogP contribution in [-0.2, 0) is 14.8 Å². The summed E-state index contributed by atoms with van der Waals surface area (Å²) in [6, 6.07) is 12.4. The molecule has 2 aromatic rings. The van der Waals surface area contributed by atoms with Crippen LogP contribution in [-0.4, -0.2) is 26.7 Å². The lowest BCUT2D eigenvalue weighted by Crippen LogP contribution is -2.17. The molecule has 0 aliphatic rings. The number of hydrogen-bond donors (Lipinski definition) is 2. The van der Waals surface area contributed by atoms with Gasteiger partial charge in [-0.15, -0.1) is 0 Å². The standard InChI is InChI=1S/C20H26N2O4S/c1-4-14-27(24,25)22-18-10-8-17(9-11-18)21-20(23)12-13-26-19-7-5-6-15(2)16(19)3/h5-11,22H,4,12-14H2,1-3H3,(H,21,23). The van der Waals surface area contributed by atoms with Crippen LogP contribution in [0, 0.1) is 13.8 Å². The van der Waals surface area contributed by atoms with Crippen molar-refractivity contribution in [2.45, 2.75) is 33.6 Å². The molecule has 0 aliphatic carbocycles. The van der Waals surface area contributed by atoms with Gasteiger partial charge in [-0.3, -0.25) is 9.52 Å². The van der Waals surface area contributed by atoms with E-state index in [1.54, 1.807) is 24.3 Å². The van der Waals surface area contributed by atoms with E-state index >= 15 is 0 Å². The van der Waals surface area contributed by atoms with Gasteiger partial charge in [0.1, 0.15) is 5.75 Å². The molecule has 1 amide bonds. The summed E-state index contributed by atoms with van der Waals surface area (Å²) in [5, 5.41) is 2.77. The predicted molar refractivity (Wildman–Crippen MR) is 109 cm³/mol. The first-order chi connectivity index (χ1) is 12.8. The zero-order valence-corrected chi connectivity index (χ0v) is 16.7. The first kappa shape index (κ1) is 20.8. The zero-order chi connectivity index (χ0) is 19.9. The van der Waals surface area contributed by atoms with E-state index in [9.17, 15) is 13.2 Å². The van der Waals surface area contributed by atoms with Crippen molar-refractivity contribution in [2.75, 3.05) is 22.4 Å². The van der Waals surface area contributed by atoms with E-state index in [2.05, 4.69) is 10.0 Å². The number of nitrogens with one attached hydrogen (secondary N) is 2. The van der Waals surface area contributed by atoms with Gasteiger partial charge in [0.05, 0.1) is 18.8 Å². The number of benzene rings is 2. The first-order valence-corrected chi connectivity index (χ1v) is 10.6. The average molecular weight is 391 g/mol. The fourth-order valence-electron chi connectivity index (χ4n) is 2.48. The van der Waals surface area contributed by atoms with E-state index in [4.69, 9.17) is 4.74 Å². The van der Waals surface area contributed by atoms with Crippen LogP contribution in [0.1, 0.15) is 30.9 Å². The molecule has 0 saturated carbocycles. The molecule has 0 unspecified atom stereocenters. The molecule has 0 heterocycles. The third-order valence-corrected chi connectivity index (χ3v) is 5.55. The van der Waals surface area contributed by atoms with Crippen LogP contribution in [0.5, 0.6) is 5.75 Å². The summed E-state index contributed by atoms with van der Waals surface area (Å²) < 4.78 is 31.7. The number of carbonyl (C=O) groups excluding carboxylic acids is 1. The molecule has 2 aromatic carbocycles. The zero-order valence-electron chi connectivity index (χ0n) is 15.9. The predicted octanol–water partition coefficient (Wildman–Crippen LogP) is 3.86. The lowest BCUT2D eigenvalue weighted by atomic mass is 10.1. The average Bonchev–Trinajstić information content (AvgIpc) is 2.60. The number of sulfonamides is 1. The van der Waals surface area contributed by atoms with Crippen LogP contribution < -0.4 is 14.8 Å². The Kier molecular flexibility index (Phi) is 7.24. The third kappa shape index (κ3) is 6.60. The molecule has 0 saturated heterocycles. The molecular weight excluding hydrogens is 364 g/mol. The fourth-order valence-corrected chi connectivity index (χ4v) is 3.61. The van der Waals surface area contributed by atoms with Crippen LogP contribution in [0.4, 0.5) is 11.4 Å². The van der Waals surface area contributed by atoms with Crippen molar-refractivity contribution in [2.24, 2.45) is 0 Å². The fraction of sp³-hybridized carbons (Fsp3) is 0.350. The minimum Gasteiger partial charge on any atom is -0.493 e. The second kappa shape index (κ2) is 9.41. The van der Waals surface area contributed by atoms with Gasteiger partial charge in [0.2, 0.25) is 15.9 Å². The third-order valence-electron chi connectivity index (χ3n) is 4.06. The second-order valence-electron chi connectivity index (χ2n) is 6.34. The molecule has 0 spiro atoms. The molecule has 0 radical (unpaired) electrons. The van der Waals surface area contributed by atoms with Crippen molar-refractivity contribution in [3.8, 4) is 5.75 Å². The minimum absolute atomic E-state index is 0.0753. The number of amides is 1. The Hall–Kier alpha value is -2.54. The van der Waals surface area contributed by atoms with Crippen molar-refractivity contribution < 1.29 is 17.9 Å². The maximum absolute atomic E-state index is 12.1. The molecule has 0 aliphatic heterocycles. The van der Waals surface area contributed by atoms with Crippen molar-refractivity contribution in [1.29, 1.82) is 0 Å². The smallest absolute Gasteiger partial charge is 0.232 e. The summed E-state index contributed by atoms with van der Waals surface area (Å²) in [5.41, 5.74) is 3.29. The Bertz CT molecular complexity index is 877. The number of ether oxygens (including phenoxy) is 1. The lowest BCUT2D eigenvalue weighted by molar-refractivity contribution is -0.116. The van der Waals surface area contributed by atoms with Crippen LogP contribution in [0.25, 0.3) is 0 Å². The minimum atomic E-state index is -3.32. The molecule has 27 heavy (non-hydrogen) atoms. The van der Waals surface area contributed by atoms with E-state index < -0.39 is 10.0 Å². The van der Waals surface area contributed by atoms with Gasteiger partial charge in [-0.1, -0.05) is 19.1 Å². The molecule has 6 nitrogen and oxygen atoms in total. The summed E-state index contributed by atoms with van der Waals surface area (Å²) in [7, 11) is -3.32. The normalized spacial score (nSPS) is 11.1. The van der Waals surface area contributed by atoms with Crippen molar-refractivity contribution in [3.63, 3.8) is 0 Å². The largest absolute Gasteiger partial charge is 0.493 e. The monoisotopic (exact) mass is 390 g/mol. The molecule has 0 aromatic heterocycles. The number of anilines is 2. The van der Waals surface area contributed by atoms with E-state index in [-0.39, 0.29) is 24.7 Å².